The number of aliphatic imine (C=N–C) groups is 1. The van der Waals surface area contributed by atoms with Crippen LogP contribution in [0.5, 0.6) is 11.5 Å². The van der Waals surface area contributed by atoms with Crippen molar-refractivity contribution in [2.24, 2.45) is 4.99 Å². The zero-order valence-electron chi connectivity index (χ0n) is 18.5. The molecule has 4 rings (SSSR count). The number of amides is 1. The van der Waals surface area contributed by atoms with Crippen LogP contribution in [0.2, 0.25) is 0 Å². The van der Waals surface area contributed by atoms with E-state index in [1.165, 1.54) is 0 Å². The van der Waals surface area contributed by atoms with Crippen molar-refractivity contribution in [2.75, 3.05) is 19.1 Å². The Morgan fingerprint density at radius 1 is 0.727 bits per heavy atom. The van der Waals surface area contributed by atoms with Gasteiger partial charge in [-0.2, -0.15) is 0 Å². The number of para-hydroxylation sites is 2. The summed E-state index contributed by atoms with van der Waals surface area (Å²) < 4.78 is 10.6. The summed E-state index contributed by atoms with van der Waals surface area (Å²) in [5, 5.41) is 0. The van der Waals surface area contributed by atoms with E-state index >= 15 is 0 Å². The molecule has 5 nitrogen and oxygen atoms in total. The second kappa shape index (κ2) is 10.3. The van der Waals surface area contributed by atoms with Crippen molar-refractivity contribution in [2.45, 2.75) is 0 Å². The summed E-state index contributed by atoms with van der Waals surface area (Å²) in [6, 6.07) is 32.1. The highest BCUT2D eigenvalue weighted by Gasteiger charge is 2.19. The third-order valence-corrected chi connectivity index (χ3v) is 5.10. The Labute approximate surface area is 193 Å². The molecule has 0 bridgehead atoms. The first-order chi connectivity index (χ1) is 16.2. The van der Waals surface area contributed by atoms with Gasteiger partial charge in [-0.05, 0) is 66.2 Å². The van der Waals surface area contributed by atoms with E-state index in [2.05, 4.69) is 4.99 Å². The van der Waals surface area contributed by atoms with Crippen LogP contribution >= 0.6 is 0 Å². The molecule has 0 unspecified atom stereocenters. The molecule has 0 aliphatic heterocycles. The Morgan fingerprint density at radius 2 is 1.36 bits per heavy atom. The monoisotopic (exact) mass is 436 g/mol. The van der Waals surface area contributed by atoms with E-state index in [9.17, 15) is 4.79 Å². The molecule has 0 saturated heterocycles. The molecule has 5 heteroatoms. The first-order valence-corrected chi connectivity index (χ1v) is 10.5. The van der Waals surface area contributed by atoms with Gasteiger partial charge in [-0.15, -0.1) is 0 Å². The van der Waals surface area contributed by atoms with E-state index in [1.807, 2.05) is 91.0 Å². The first-order valence-electron chi connectivity index (χ1n) is 10.5. The zero-order chi connectivity index (χ0) is 23.0. The number of hydrogen-bond donors (Lipinski definition) is 0. The maximum atomic E-state index is 13.6. The van der Waals surface area contributed by atoms with Gasteiger partial charge in [-0.1, -0.05) is 42.5 Å². The predicted octanol–water partition coefficient (Wildman–Crippen LogP) is 6.43. The molecule has 33 heavy (non-hydrogen) atoms. The summed E-state index contributed by atoms with van der Waals surface area (Å²) in [5.74, 6) is 1.16. The molecular weight excluding hydrogens is 412 g/mol. The van der Waals surface area contributed by atoms with Gasteiger partial charge in [0.1, 0.15) is 0 Å². The maximum absolute atomic E-state index is 13.6. The van der Waals surface area contributed by atoms with Crippen LogP contribution < -0.4 is 14.4 Å². The number of methoxy groups -OCH3 is 2. The average Bonchev–Trinajstić information content (AvgIpc) is 2.89. The normalized spacial score (nSPS) is 10.7. The van der Waals surface area contributed by atoms with Gasteiger partial charge in [-0.3, -0.25) is 14.7 Å². The van der Waals surface area contributed by atoms with Gasteiger partial charge in [0.25, 0.3) is 5.91 Å². The number of nitrogens with zero attached hydrogens (tertiary/aromatic N) is 2. The highest BCUT2D eigenvalue weighted by Crippen LogP contribution is 2.29. The molecule has 0 radical (unpaired) electrons. The Balaban J connectivity index is 1.63. The van der Waals surface area contributed by atoms with Crippen molar-refractivity contribution in [1.82, 2.24) is 0 Å². The van der Waals surface area contributed by atoms with Crippen LogP contribution in [0.4, 0.5) is 17.1 Å². The molecule has 0 fully saturated rings. The van der Waals surface area contributed by atoms with Crippen LogP contribution in [0.15, 0.2) is 108 Å². The molecule has 0 N–H and O–H groups in total. The van der Waals surface area contributed by atoms with Crippen LogP contribution in [0.25, 0.3) is 0 Å². The number of carbonyl (C=O) groups excluding carboxylic acids is 1. The SMILES string of the molecule is COc1ccc(C=Nc2cccc(C(=O)N(c3ccccc3)c3ccccc3)c2)cc1OC. The summed E-state index contributed by atoms with van der Waals surface area (Å²) in [6.45, 7) is 0. The smallest absolute Gasteiger partial charge is 0.262 e. The van der Waals surface area contributed by atoms with Gasteiger partial charge in [-0.25, -0.2) is 0 Å². The fourth-order valence-electron chi connectivity index (χ4n) is 3.47. The molecule has 0 aliphatic carbocycles. The molecule has 4 aromatic carbocycles. The lowest BCUT2D eigenvalue weighted by atomic mass is 10.1. The van der Waals surface area contributed by atoms with Crippen LogP contribution in [0, 0.1) is 0 Å². The third-order valence-electron chi connectivity index (χ3n) is 5.10. The lowest BCUT2D eigenvalue weighted by Crippen LogP contribution is -2.25. The van der Waals surface area contributed by atoms with Crippen LogP contribution in [0.3, 0.4) is 0 Å². The Kier molecular flexibility index (Phi) is 6.81. The van der Waals surface area contributed by atoms with Gasteiger partial charge in [0.2, 0.25) is 0 Å². The zero-order valence-corrected chi connectivity index (χ0v) is 18.5. The van der Waals surface area contributed by atoms with Gasteiger partial charge < -0.3 is 9.47 Å². The van der Waals surface area contributed by atoms with Crippen molar-refractivity contribution in [1.29, 1.82) is 0 Å². The van der Waals surface area contributed by atoms with Crippen molar-refractivity contribution in [3.8, 4) is 11.5 Å². The molecule has 0 aliphatic rings. The Bertz CT molecular complexity index is 1220. The summed E-state index contributed by atoms with van der Waals surface area (Å²) in [5.41, 5.74) is 3.68. The van der Waals surface area contributed by atoms with Crippen LogP contribution in [0.1, 0.15) is 15.9 Å². The van der Waals surface area contributed by atoms with E-state index in [1.54, 1.807) is 37.5 Å². The second-order valence-electron chi connectivity index (χ2n) is 7.23. The Hall–Kier alpha value is -4.38. The van der Waals surface area contributed by atoms with E-state index in [0.29, 0.717) is 22.7 Å². The van der Waals surface area contributed by atoms with Crippen LogP contribution in [-0.2, 0) is 0 Å². The van der Waals surface area contributed by atoms with E-state index in [-0.39, 0.29) is 5.91 Å². The molecule has 4 aromatic rings. The fourth-order valence-corrected chi connectivity index (χ4v) is 3.47. The minimum Gasteiger partial charge on any atom is -0.493 e. The van der Waals surface area contributed by atoms with Crippen molar-refractivity contribution < 1.29 is 14.3 Å². The first kappa shape index (κ1) is 21.8. The molecular formula is C28H24N2O3. The predicted molar refractivity (Wildman–Crippen MR) is 133 cm³/mol. The summed E-state index contributed by atoms with van der Waals surface area (Å²) >= 11 is 0. The van der Waals surface area contributed by atoms with Gasteiger partial charge in [0, 0.05) is 23.2 Å². The van der Waals surface area contributed by atoms with Crippen molar-refractivity contribution >= 4 is 29.2 Å². The molecule has 1 amide bonds. The largest absolute Gasteiger partial charge is 0.493 e. The van der Waals surface area contributed by atoms with E-state index in [4.69, 9.17) is 9.47 Å². The van der Waals surface area contributed by atoms with Gasteiger partial charge in [0.05, 0.1) is 19.9 Å². The molecule has 0 atom stereocenters. The fraction of sp³-hybridized carbons (Fsp3) is 0.0714. The van der Waals surface area contributed by atoms with Gasteiger partial charge >= 0.3 is 0 Å². The number of carbonyl (C=O) groups is 1. The summed E-state index contributed by atoms with van der Waals surface area (Å²) in [4.78, 5) is 19.8. The topological polar surface area (TPSA) is 51.1 Å². The molecule has 0 saturated carbocycles. The number of hydrogen-bond acceptors (Lipinski definition) is 4. The van der Waals surface area contributed by atoms with Crippen molar-refractivity contribution in [3.05, 3.63) is 114 Å². The standard InChI is InChI=1S/C28H24N2O3/c1-32-26-17-16-21(18-27(26)33-2)20-29-23-11-9-10-22(19-23)28(31)30(24-12-5-3-6-13-24)25-14-7-4-8-15-25/h3-20H,1-2H3. The molecule has 0 heterocycles. The summed E-state index contributed by atoms with van der Waals surface area (Å²) in [7, 11) is 3.20. The highest BCUT2D eigenvalue weighted by atomic mass is 16.5. The number of anilines is 2. The minimum atomic E-state index is -0.129. The minimum absolute atomic E-state index is 0.129. The number of rotatable bonds is 7. The Morgan fingerprint density at radius 3 is 1.97 bits per heavy atom. The highest BCUT2D eigenvalue weighted by molar-refractivity contribution is 6.11. The van der Waals surface area contributed by atoms with Crippen molar-refractivity contribution in [3.63, 3.8) is 0 Å². The summed E-state index contributed by atoms with van der Waals surface area (Å²) in [6.07, 6.45) is 1.73. The quantitative estimate of drug-likeness (QED) is 0.314. The van der Waals surface area contributed by atoms with E-state index in [0.717, 1.165) is 16.9 Å². The lowest BCUT2D eigenvalue weighted by Gasteiger charge is -2.23. The number of ether oxygens (including phenoxy) is 2. The lowest BCUT2D eigenvalue weighted by molar-refractivity contribution is 0.0999. The molecule has 0 spiro atoms. The average molecular weight is 437 g/mol. The number of benzene rings is 4. The third kappa shape index (κ3) is 5.10. The molecule has 0 aromatic heterocycles. The maximum Gasteiger partial charge on any atom is 0.262 e. The molecule has 164 valence electrons. The van der Waals surface area contributed by atoms with Gasteiger partial charge in [0.15, 0.2) is 11.5 Å². The second-order valence-corrected chi connectivity index (χ2v) is 7.23. The van der Waals surface area contributed by atoms with E-state index < -0.39 is 0 Å². The van der Waals surface area contributed by atoms with Crippen LogP contribution in [-0.4, -0.2) is 26.3 Å².